The molecule has 3 aromatic carbocycles. The van der Waals surface area contributed by atoms with E-state index in [1.807, 2.05) is 53.4 Å². The maximum atomic E-state index is 12.7. The van der Waals surface area contributed by atoms with E-state index in [1.165, 1.54) is 5.56 Å². The highest BCUT2D eigenvalue weighted by Gasteiger charge is 2.22. The number of benzene rings is 3. The van der Waals surface area contributed by atoms with Crippen LogP contribution in [0.25, 0.3) is 0 Å². The summed E-state index contributed by atoms with van der Waals surface area (Å²) in [5, 5.41) is 3.51. The molecular formula is C23H19ClN2O2. The first-order chi connectivity index (χ1) is 13.6. The molecule has 1 aliphatic heterocycles. The number of halogens is 1. The Hall–Kier alpha value is -3.11. The lowest BCUT2D eigenvalue weighted by molar-refractivity contribution is 0.0734. The minimum Gasteiger partial charge on any atom is -0.334 e. The number of rotatable bonds is 3. The van der Waals surface area contributed by atoms with E-state index in [4.69, 9.17) is 11.6 Å². The Morgan fingerprint density at radius 3 is 2.36 bits per heavy atom. The molecule has 1 heterocycles. The van der Waals surface area contributed by atoms with Crippen LogP contribution in [0.3, 0.4) is 0 Å². The smallest absolute Gasteiger partial charge is 0.255 e. The van der Waals surface area contributed by atoms with Crippen LogP contribution in [0.1, 0.15) is 31.8 Å². The van der Waals surface area contributed by atoms with Crippen LogP contribution < -0.4 is 5.32 Å². The lowest BCUT2D eigenvalue weighted by atomic mass is 9.98. The molecule has 0 fully saturated rings. The molecule has 5 heteroatoms. The van der Waals surface area contributed by atoms with Gasteiger partial charge >= 0.3 is 0 Å². The SMILES string of the molecule is O=C(Nc1ccc2c(c1)CN(C(=O)c1ccccc1)CC2)c1ccc(Cl)cc1. The molecule has 0 aromatic heterocycles. The Morgan fingerprint density at radius 1 is 0.857 bits per heavy atom. The second kappa shape index (κ2) is 7.87. The zero-order valence-corrected chi connectivity index (χ0v) is 15.9. The summed E-state index contributed by atoms with van der Waals surface area (Å²) in [5.74, 6) is -0.161. The molecule has 28 heavy (non-hydrogen) atoms. The van der Waals surface area contributed by atoms with Crippen molar-refractivity contribution in [2.75, 3.05) is 11.9 Å². The number of amides is 2. The van der Waals surface area contributed by atoms with Crippen LogP contribution in [0.15, 0.2) is 72.8 Å². The summed E-state index contributed by atoms with van der Waals surface area (Å²) in [6.45, 7) is 1.23. The summed E-state index contributed by atoms with van der Waals surface area (Å²) < 4.78 is 0. The molecule has 3 aromatic rings. The highest BCUT2D eigenvalue weighted by Crippen LogP contribution is 2.24. The summed E-state index contributed by atoms with van der Waals surface area (Å²) >= 11 is 5.88. The van der Waals surface area contributed by atoms with E-state index in [9.17, 15) is 9.59 Å². The molecule has 0 saturated heterocycles. The Balaban J connectivity index is 1.50. The van der Waals surface area contributed by atoms with Crippen molar-refractivity contribution < 1.29 is 9.59 Å². The fourth-order valence-electron chi connectivity index (χ4n) is 3.38. The van der Waals surface area contributed by atoms with Crippen molar-refractivity contribution in [2.24, 2.45) is 0 Å². The number of anilines is 1. The van der Waals surface area contributed by atoms with Gasteiger partial charge in [-0.1, -0.05) is 35.9 Å². The van der Waals surface area contributed by atoms with Crippen molar-refractivity contribution in [3.8, 4) is 0 Å². The molecule has 0 bridgehead atoms. The first-order valence-corrected chi connectivity index (χ1v) is 9.51. The molecule has 0 spiro atoms. The number of nitrogens with zero attached hydrogens (tertiary/aromatic N) is 1. The molecule has 0 unspecified atom stereocenters. The minimum absolute atomic E-state index is 0.0295. The number of fused-ring (bicyclic) bond motifs is 1. The first kappa shape index (κ1) is 18.3. The number of nitrogens with one attached hydrogen (secondary N) is 1. The Bertz CT molecular complexity index is 1020. The van der Waals surface area contributed by atoms with Gasteiger partial charge in [0.1, 0.15) is 0 Å². The lowest BCUT2D eigenvalue weighted by Gasteiger charge is -2.29. The molecule has 140 valence electrons. The Labute approximate surface area is 168 Å². The molecule has 1 N–H and O–H groups in total. The minimum atomic E-state index is -0.190. The molecule has 4 nitrogen and oxygen atoms in total. The van der Waals surface area contributed by atoms with Crippen LogP contribution in [0.5, 0.6) is 0 Å². The van der Waals surface area contributed by atoms with Crippen molar-refractivity contribution >= 4 is 29.1 Å². The van der Waals surface area contributed by atoms with Crippen molar-refractivity contribution in [3.05, 3.63) is 100 Å². The first-order valence-electron chi connectivity index (χ1n) is 9.13. The van der Waals surface area contributed by atoms with Gasteiger partial charge in [0.25, 0.3) is 11.8 Å². The molecule has 0 aliphatic carbocycles. The van der Waals surface area contributed by atoms with E-state index in [1.54, 1.807) is 24.3 Å². The van der Waals surface area contributed by atoms with Crippen molar-refractivity contribution in [1.29, 1.82) is 0 Å². The predicted molar refractivity (Wildman–Crippen MR) is 111 cm³/mol. The number of hydrogen-bond acceptors (Lipinski definition) is 2. The fourth-order valence-corrected chi connectivity index (χ4v) is 3.50. The predicted octanol–water partition coefficient (Wildman–Crippen LogP) is 4.79. The highest BCUT2D eigenvalue weighted by atomic mass is 35.5. The van der Waals surface area contributed by atoms with Gasteiger partial charge < -0.3 is 10.2 Å². The summed E-state index contributed by atoms with van der Waals surface area (Å²) in [7, 11) is 0. The number of carbonyl (C=O) groups excluding carboxylic acids is 2. The van der Waals surface area contributed by atoms with Crippen LogP contribution in [-0.2, 0) is 13.0 Å². The van der Waals surface area contributed by atoms with Crippen LogP contribution in [0, 0.1) is 0 Å². The topological polar surface area (TPSA) is 49.4 Å². The zero-order chi connectivity index (χ0) is 19.5. The maximum Gasteiger partial charge on any atom is 0.255 e. The largest absolute Gasteiger partial charge is 0.334 e. The molecule has 4 rings (SSSR count). The third kappa shape index (κ3) is 3.92. The van der Waals surface area contributed by atoms with E-state index in [-0.39, 0.29) is 11.8 Å². The van der Waals surface area contributed by atoms with Gasteiger partial charge in [-0.3, -0.25) is 9.59 Å². The van der Waals surface area contributed by atoms with Crippen molar-refractivity contribution in [3.63, 3.8) is 0 Å². The highest BCUT2D eigenvalue weighted by molar-refractivity contribution is 6.30. The van der Waals surface area contributed by atoms with E-state index in [0.717, 1.165) is 12.0 Å². The molecule has 0 saturated carbocycles. The fraction of sp³-hybridized carbons (Fsp3) is 0.130. The lowest BCUT2D eigenvalue weighted by Crippen LogP contribution is -2.36. The van der Waals surface area contributed by atoms with Gasteiger partial charge in [-0.15, -0.1) is 0 Å². The van der Waals surface area contributed by atoms with Gasteiger partial charge in [-0.25, -0.2) is 0 Å². The zero-order valence-electron chi connectivity index (χ0n) is 15.2. The second-order valence-corrected chi connectivity index (χ2v) is 7.22. The van der Waals surface area contributed by atoms with Gasteiger partial charge in [-0.05, 0) is 66.1 Å². The Morgan fingerprint density at radius 2 is 1.61 bits per heavy atom. The normalized spacial score (nSPS) is 13.0. The maximum absolute atomic E-state index is 12.7. The molecule has 1 aliphatic rings. The van der Waals surface area contributed by atoms with Crippen LogP contribution >= 0.6 is 11.6 Å². The molecule has 0 radical (unpaired) electrons. The van der Waals surface area contributed by atoms with Crippen molar-refractivity contribution in [2.45, 2.75) is 13.0 Å². The molecule has 2 amide bonds. The van der Waals surface area contributed by atoms with Gasteiger partial charge in [0.2, 0.25) is 0 Å². The summed E-state index contributed by atoms with van der Waals surface area (Å²) in [6.07, 6.45) is 0.805. The van der Waals surface area contributed by atoms with Gasteiger partial charge in [-0.2, -0.15) is 0 Å². The van der Waals surface area contributed by atoms with Crippen LogP contribution in [-0.4, -0.2) is 23.3 Å². The van der Waals surface area contributed by atoms with E-state index in [0.29, 0.717) is 34.9 Å². The van der Waals surface area contributed by atoms with Gasteiger partial charge in [0.05, 0.1) is 0 Å². The molecular weight excluding hydrogens is 372 g/mol. The van der Waals surface area contributed by atoms with Crippen LogP contribution in [0.2, 0.25) is 5.02 Å². The summed E-state index contributed by atoms with van der Waals surface area (Å²) in [5.41, 5.74) is 4.22. The quantitative estimate of drug-likeness (QED) is 0.698. The van der Waals surface area contributed by atoms with Gasteiger partial charge in [0.15, 0.2) is 0 Å². The third-order valence-corrected chi connectivity index (χ3v) is 5.14. The molecule has 0 atom stereocenters. The monoisotopic (exact) mass is 390 g/mol. The van der Waals surface area contributed by atoms with E-state index >= 15 is 0 Å². The standard InChI is InChI=1S/C23H19ClN2O2/c24-20-9-6-17(7-10-20)22(27)25-21-11-8-16-12-13-26(15-19(16)14-21)23(28)18-4-2-1-3-5-18/h1-11,14H,12-13,15H2,(H,25,27). The van der Waals surface area contributed by atoms with E-state index in [2.05, 4.69) is 5.32 Å². The third-order valence-electron chi connectivity index (χ3n) is 4.89. The Kier molecular flexibility index (Phi) is 5.13. The number of hydrogen-bond donors (Lipinski definition) is 1. The van der Waals surface area contributed by atoms with E-state index < -0.39 is 0 Å². The van der Waals surface area contributed by atoms with Crippen molar-refractivity contribution in [1.82, 2.24) is 4.90 Å². The van der Waals surface area contributed by atoms with Gasteiger partial charge in [0, 0.05) is 34.9 Å². The second-order valence-electron chi connectivity index (χ2n) is 6.79. The summed E-state index contributed by atoms with van der Waals surface area (Å²) in [4.78, 5) is 27.0. The van der Waals surface area contributed by atoms with Crippen LogP contribution in [0.4, 0.5) is 5.69 Å². The average molecular weight is 391 g/mol. The number of carbonyl (C=O) groups is 2. The average Bonchev–Trinajstić information content (AvgIpc) is 2.73. The summed E-state index contributed by atoms with van der Waals surface area (Å²) in [6, 6.07) is 22.0.